The molecule has 0 aromatic heterocycles. The van der Waals surface area contributed by atoms with Crippen LogP contribution in [0.1, 0.15) is 12.8 Å². The molecule has 0 aliphatic carbocycles. The topological polar surface area (TPSA) is 81.9 Å². The van der Waals surface area contributed by atoms with Gasteiger partial charge in [-0.1, -0.05) is 12.1 Å². The minimum Gasteiger partial charge on any atom is -0.370 e. The van der Waals surface area contributed by atoms with Crippen LogP contribution in [0.5, 0.6) is 0 Å². The summed E-state index contributed by atoms with van der Waals surface area (Å²) in [5, 5.41) is 5.28. The molecule has 2 fully saturated rings. The number of sulfonamides is 1. The molecular weight excluding hydrogens is 280 g/mol. The van der Waals surface area contributed by atoms with Gasteiger partial charge in [0.25, 0.3) is 0 Å². The molecule has 20 heavy (non-hydrogen) atoms. The normalized spacial score (nSPS) is 22.4. The Hall–Kier alpha value is -1.15. The van der Waals surface area contributed by atoms with Crippen LogP contribution in [0.3, 0.4) is 0 Å². The van der Waals surface area contributed by atoms with Gasteiger partial charge in [-0.3, -0.25) is 0 Å². The Morgan fingerprint density at radius 3 is 2.30 bits per heavy atom. The van der Waals surface area contributed by atoms with Crippen LogP contribution in [0.15, 0.2) is 29.2 Å². The number of para-hydroxylation sites is 1. The van der Waals surface area contributed by atoms with Crippen molar-refractivity contribution in [3.05, 3.63) is 24.3 Å². The average molecular weight is 298 g/mol. The van der Waals surface area contributed by atoms with Gasteiger partial charge in [-0.15, -0.1) is 0 Å². The third-order valence-corrected chi connectivity index (χ3v) is 4.81. The molecule has 0 unspecified atom stereocenters. The first-order valence-electron chi connectivity index (χ1n) is 6.65. The first kappa shape index (κ1) is 13.8. The number of anilines is 1. The van der Waals surface area contributed by atoms with Crippen LogP contribution in [0.4, 0.5) is 5.69 Å². The van der Waals surface area contributed by atoms with Crippen molar-refractivity contribution in [1.29, 1.82) is 0 Å². The van der Waals surface area contributed by atoms with Crippen molar-refractivity contribution in [2.75, 3.05) is 31.2 Å². The summed E-state index contributed by atoms with van der Waals surface area (Å²) < 4.78 is 34.6. The lowest BCUT2D eigenvalue weighted by atomic mass is 10.0. The van der Waals surface area contributed by atoms with E-state index in [9.17, 15) is 8.42 Å². The number of nitrogens with zero attached hydrogens (tertiary/aromatic N) is 1. The van der Waals surface area contributed by atoms with Crippen LogP contribution in [-0.4, -0.2) is 40.5 Å². The Morgan fingerprint density at radius 2 is 1.70 bits per heavy atom. The third-order valence-electron chi connectivity index (χ3n) is 3.85. The van der Waals surface area contributed by atoms with Crippen LogP contribution >= 0.6 is 0 Å². The summed E-state index contributed by atoms with van der Waals surface area (Å²) >= 11 is 0. The Kier molecular flexibility index (Phi) is 3.45. The largest absolute Gasteiger partial charge is 0.370 e. The van der Waals surface area contributed by atoms with Crippen LogP contribution < -0.4 is 10.0 Å². The molecule has 0 radical (unpaired) electrons. The number of benzene rings is 1. The molecule has 1 aromatic rings. The van der Waals surface area contributed by atoms with Crippen molar-refractivity contribution in [2.24, 2.45) is 5.14 Å². The van der Waals surface area contributed by atoms with E-state index in [1.807, 2.05) is 11.0 Å². The van der Waals surface area contributed by atoms with E-state index in [4.69, 9.17) is 14.6 Å². The van der Waals surface area contributed by atoms with Crippen molar-refractivity contribution < 1.29 is 17.9 Å². The van der Waals surface area contributed by atoms with E-state index >= 15 is 0 Å². The summed E-state index contributed by atoms with van der Waals surface area (Å²) in [4.78, 5) is 2.19. The summed E-state index contributed by atoms with van der Waals surface area (Å²) in [6.07, 6.45) is 1.46. The fourth-order valence-corrected chi connectivity index (χ4v) is 3.59. The second-order valence-corrected chi connectivity index (χ2v) is 6.64. The minimum atomic E-state index is -3.71. The average Bonchev–Trinajstić information content (AvgIpc) is 2.87. The second kappa shape index (κ2) is 5.00. The molecular formula is C13H18N2O4S. The van der Waals surface area contributed by atoms with Crippen LogP contribution in [0.2, 0.25) is 0 Å². The summed E-state index contributed by atoms with van der Waals surface area (Å²) in [6, 6.07) is 6.82. The van der Waals surface area contributed by atoms with Crippen molar-refractivity contribution in [3.63, 3.8) is 0 Å². The van der Waals surface area contributed by atoms with Gasteiger partial charge >= 0.3 is 0 Å². The molecule has 0 amide bonds. The quantitative estimate of drug-likeness (QED) is 0.868. The maximum atomic E-state index is 11.6. The highest BCUT2D eigenvalue weighted by Gasteiger charge is 2.40. The lowest BCUT2D eigenvalue weighted by molar-refractivity contribution is -0.169. The maximum absolute atomic E-state index is 11.6. The zero-order valence-electron chi connectivity index (χ0n) is 11.1. The number of ether oxygens (including phenoxy) is 2. The predicted molar refractivity (Wildman–Crippen MR) is 73.9 cm³/mol. The van der Waals surface area contributed by atoms with E-state index in [-0.39, 0.29) is 4.90 Å². The lowest BCUT2D eigenvalue weighted by Crippen LogP contribution is -2.45. The molecule has 2 aliphatic heterocycles. The van der Waals surface area contributed by atoms with Crippen molar-refractivity contribution >= 4 is 15.7 Å². The zero-order chi connectivity index (χ0) is 14.2. The molecule has 110 valence electrons. The molecule has 0 saturated carbocycles. The highest BCUT2D eigenvalue weighted by atomic mass is 32.2. The van der Waals surface area contributed by atoms with Gasteiger partial charge in [-0.05, 0) is 12.1 Å². The molecule has 1 spiro atoms. The molecule has 1 aromatic carbocycles. The predicted octanol–water partition coefficient (Wildman–Crippen LogP) is 0.677. The first-order chi connectivity index (χ1) is 9.50. The number of piperidine rings is 1. The number of hydrogen-bond acceptors (Lipinski definition) is 5. The van der Waals surface area contributed by atoms with Crippen molar-refractivity contribution in [2.45, 2.75) is 23.5 Å². The van der Waals surface area contributed by atoms with Crippen molar-refractivity contribution in [3.8, 4) is 0 Å². The van der Waals surface area contributed by atoms with E-state index in [1.165, 1.54) is 6.07 Å². The number of rotatable bonds is 2. The number of nitrogens with two attached hydrogens (primary N) is 1. The molecule has 0 bridgehead atoms. The van der Waals surface area contributed by atoms with E-state index in [2.05, 4.69) is 0 Å². The molecule has 3 rings (SSSR count). The summed E-state index contributed by atoms with van der Waals surface area (Å²) in [7, 11) is -3.71. The summed E-state index contributed by atoms with van der Waals surface area (Å²) in [6.45, 7) is 2.64. The van der Waals surface area contributed by atoms with Crippen molar-refractivity contribution in [1.82, 2.24) is 0 Å². The SMILES string of the molecule is NS(=O)(=O)c1ccccc1N1CCC2(CC1)OCCO2. The standard InChI is InChI=1S/C13H18N2O4S/c14-20(16,17)12-4-2-1-3-11(12)15-7-5-13(6-8-15)18-9-10-19-13/h1-4H,5-10H2,(H2,14,16,17). The first-order valence-corrected chi connectivity index (χ1v) is 8.20. The fourth-order valence-electron chi connectivity index (χ4n) is 2.83. The molecule has 2 aliphatic rings. The maximum Gasteiger partial charge on any atom is 0.240 e. The Bertz CT molecular complexity index is 586. The highest BCUT2D eigenvalue weighted by Crippen LogP contribution is 2.34. The van der Waals surface area contributed by atoms with Gasteiger partial charge in [0.15, 0.2) is 5.79 Å². The molecule has 2 N–H and O–H groups in total. The molecule has 0 atom stereocenters. The van der Waals surface area contributed by atoms with E-state index in [0.717, 1.165) is 12.8 Å². The second-order valence-electron chi connectivity index (χ2n) is 5.11. The van der Waals surface area contributed by atoms with Gasteiger partial charge in [0, 0.05) is 25.9 Å². The van der Waals surface area contributed by atoms with Crippen LogP contribution in [0, 0.1) is 0 Å². The van der Waals surface area contributed by atoms with Gasteiger partial charge in [-0.25, -0.2) is 13.6 Å². The van der Waals surface area contributed by atoms with E-state index in [1.54, 1.807) is 12.1 Å². The van der Waals surface area contributed by atoms with E-state index < -0.39 is 15.8 Å². The summed E-state index contributed by atoms with van der Waals surface area (Å²) in [5.74, 6) is -0.465. The minimum absolute atomic E-state index is 0.171. The van der Waals surface area contributed by atoms with Gasteiger partial charge < -0.3 is 14.4 Å². The Balaban J connectivity index is 1.82. The number of primary sulfonamides is 1. The van der Waals surface area contributed by atoms with Crippen LogP contribution in [0.25, 0.3) is 0 Å². The van der Waals surface area contributed by atoms with Gasteiger partial charge in [-0.2, -0.15) is 0 Å². The van der Waals surface area contributed by atoms with Crippen LogP contribution in [-0.2, 0) is 19.5 Å². The third kappa shape index (κ3) is 2.54. The molecule has 7 heteroatoms. The smallest absolute Gasteiger partial charge is 0.240 e. The Labute approximate surface area is 118 Å². The Morgan fingerprint density at radius 1 is 1.10 bits per heavy atom. The van der Waals surface area contributed by atoms with Gasteiger partial charge in [0.1, 0.15) is 4.90 Å². The number of hydrogen-bond donors (Lipinski definition) is 1. The van der Waals surface area contributed by atoms with Gasteiger partial charge in [0.2, 0.25) is 10.0 Å². The monoisotopic (exact) mass is 298 g/mol. The molecule has 2 heterocycles. The highest BCUT2D eigenvalue weighted by molar-refractivity contribution is 7.89. The zero-order valence-corrected chi connectivity index (χ0v) is 11.9. The van der Waals surface area contributed by atoms with E-state index in [0.29, 0.717) is 32.0 Å². The molecule has 6 nitrogen and oxygen atoms in total. The summed E-state index contributed by atoms with van der Waals surface area (Å²) in [5.41, 5.74) is 0.655. The fraction of sp³-hybridized carbons (Fsp3) is 0.538. The molecule has 2 saturated heterocycles. The lowest BCUT2D eigenvalue weighted by Gasteiger charge is -2.39. The van der Waals surface area contributed by atoms with Gasteiger partial charge in [0.05, 0.1) is 18.9 Å².